The Labute approximate surface area is 105 Å². The van der Waals surface area contributed by atoms with Crippen LogP contribution in [0.5, 0.6) is 0 Å². The van der Waals surface area contributed by atoms with Gasteiger partial charge in [0.25, 0.3) is 0 Å². The number of nitrogens with one attached hydrogen (secondary N) is 1. The van der Waals surface area contributed by atoms with E-state index in [1.54, 1.807) is 0 Å². The van der Waals surface area contributed by atoms with Gasteiger partial charge in [0.15, 0.2) is 0 Å². The summed E-state index contributed by atoms with van der Waals surface area (Å²) in [6, 6.07) is 0. The smallest absolute Gasteiger partial charge is 0.0700 e. The van der Waals surface area contributed by atoms with Crippen LogP contribution < -0.4 is 5.32 Å². The maximum absolute atomic E-state index is 5.58. The molecular weight excluding hydrogens is 218 g/mol. The second-order valence-electron chi connectivity index (χ2n) is 4.95. The lowest BCUT2D eigenvalue weighted by Gasteiger charge is -2.16. The van der Waals surface area contributed by atoms with Crippen LogP contribution in [0, 0.1) is 5.92 Å². The molecule has 0 radical (unpaired) electrons. The van der Waals surface area contributed by atoms with Crippen molar-refractivity contribution in [3.8, 4) is 0 Å². The van der Waals surface area contributed by atoms with E-state index in [-0.39, 0.29) is 0 Å². The number of thioether (sulfide) groups is 1. The Morgan fingerprint density at radius 1 is 1.44 bits per heavy atom. The predicted octanol–water partition coefficient (Wildman–Crippen LogP) is 2.92. The molecule has 0 aromatic carbocycles. The van der Waals surface area contributed by atoms with E-state index in [9.17, 15) is 0 Å². The van der Waals surface area contributed by atoms with Crippen molar-refractivity contribution in [3.05, 3.63) is 0 Å². The number of rotatable bonds is 8. The minimum Gasteiger partial charge on any atom is -0.377 e. The number of ether oxygens (including phenoxy) is 1. The highest BCUT2D eigenvalue weighted by Gasteiger charge is 2.15. The average molecular weight is 245 g/mol. The van der Waals surface area contributed by atoms with Crippen LogP contribution in [-0.2, 0) is 4.74 Å². The SMILES string of the molecule is CCC(C)CSC(C)CNCC1CCCO1. The molecule has 0 aromatic heterocycles. The third-order valence-corrected chi connectivity index (χ3v) is 4.69. The van der Waals surface area contributed by atoms with Gasteiger partial charge in [-0.25, -0.2) is 0 Å². The first-order valence-corrected chi connectivity index (χ1v) is 7.71. The van der Waals surface area contributed by atoms with Gasteiger partial charge in [0.2, 0.25) is 0 Å². The largest absolute Gasteiger partial charge is 0.377 e. The van der Waals surface area contributed by atoms with Crippen molar-refractivity contribution in [2.24, 2.45) is 5.92 Å². The molecule has 1 fully saturated rings. The van der Waals surface area contributed by atoms with Gasteiger partial charge in [0.1, 0.15) is 0 Å². The molecule has 1 N–H and O–H groups in total. The van der Waals surface area contributed by atoms with E-state index in [2.05, 4.69) is 37.8 Å². The van der Waals surface area contributed by atoms with Gasteiger partial charge in [0, 0.05) is 24.9 Å². The molecule has 96 valence electrons. The monoisotopic (exact) mass is 245 g/mol. The Morgan fingerprint density at radius 3 is 2.88 bits per heavy atom. The zero-order valence-corrected chi connectivity index (χ0v) is 11.8. The molecule has 0 aromatic rings. The molecule has 1 aliphatic heterocycles. The van der Waals surface area contributed by atoms with Crippen molar-refractivity contribution < 1.29 is 4.74 Å². The van der Waals surface area contributed by atoms with E-state index in [0.717, 1.165) is 30.9 Å². The Bertz CT molecular complexity index is 171. The summed E-state index contributed by atoms with van der Waals surface area (Å²) in [5, 5.41) is 4.24. The lowest BCUT2D eigenvalue weighted by Crippen LogP contribution is -2.31. The van der Waals surface area contributed by atoms with Crippen molar-refractivity contribution in [2.45, 2.75) is 51.4 Å². The lowest BCUT2D eigenvalue weighted by atomic mass is 10.2. The van der Waals surface area contributed by atoms with Gasteiger partial charge >= 0.3 is 0 Å². The highest BCUT2D eigenvalue weighted by Crippen LogP contribution is 2.16. The van der Waals surface area contributed by atoms with E-state index < -0.39 is 0 Å². The molecular formula is C13H27NOS. The maximum atomic E-state index is 5.58. The quantitative estimate of drug-likeness (QED) is 0.710. The normalized spacial score (nSPS) is 24.6. The summed E-state index contributed by atoms with van der Waals surface area (Å²) in [6.45, 7) is 10.0. The van der Waals surface area contributed by atoms with Crippen molar-refractivity contribution in [1.82, 2.24) is 5.32 Å². The zero-order valence-electron chi connectivity index (χ0n) is 11.0. The van der Waals surface area contributed by atoms with Crippen LogP contribution in [-0.4, -0.2) is 36.8 Å². The molecule has 3 heteroatoms. The van der Waals surface area contributed by atoms with Gasteiger partial charge in [0.05, 0.1) is 6.10 Å². The van der Waals surface area contributed by atoms with E-state index in [1.165, 1.54) is 25.0 Å². The molecule has 3 unspecified atom stereocenters. The van der Waals surface area contributed by atoms with Crippen LogP contribution >= 0.6 is 11.8 Å². The van der Waals surface area contributed by atoms with Crippen LogP contribution in [0.2, 0.25) is 0 Å². The van der Waals surface area contributed by atoms with Gasteiger partial charge in [-0.2, -0.15) is 11.8 Å². The third-order valence-electron chi connectivity index (χ3n) is 3.19. The standard InChI is InChI=1S/C13H27NOS/c1-4-11(2)10-16-12(3)8-14-9-13-6-5-7-15-13/h11-14H,4-10H2,1-3H3. The maximum Gasteiger partial charge on any atom is 0.0700 e. The predicted molar refractivity (Wildman–Crippen MR) is 73.2 cm³/mol. The summed E-state index contributed by atoms with van der Waals surface area (Å²) in [6.07, 6.45) is 4.25. The molecule has 0 saturated carbocycles. The first-order chi connectivity index (χ1) is 7.72. The van der Waals surface area contributed by atoms with Crippen molar-refractivity contribution >= 4 is 11.8 Å². The Morgan fingerprint density at radius 2 is 2.25 bits per heavy atom. The molecule has 1 rings (SSSR count). The average Bonchev–Trinajstić information content (AvgIpc) is 2.79. The topological polar surface area (TPSA) is 21.3 Å². The zero-order chi connectivity index (χ0) is 11.8. The van der Waals surface area contributed by atoms with E-state index >= 15 is 0 Å². The van der Waals surface area contributed by atoms with E-state index in [4.69, 9.17) is 4.74 Å². The van der Waals surface area contributed by atoms with E-state index in [1.807, 2.05) is 0 Å². The summed E-state index contributed by atoms with van der Waals surface area (Å²) in [5.41, 5.74) is 0. The van der Waals surface area contributed by atoms with Crippen molar-refractivity contribution in [1.29, 1.82) is 0 Å². The van der Waals surface area contributed by atoms with Gasteiger partial charge in [-0.3, -0.25) is 0 Å². The summed E-state index contributed by atoms with van der Waals surface area (Å²) in [4.78, 5) is 0. The van der Waals surface area contributed by atoms with Crippen LogP contribution in [0.3, 0.4) is 0 Å². The molecule has 0 aliphatic carbocycles. The van der Waals surface area contributed by atoms with Gasteiger partial charge in [-0.15, -0.1) is 0 Å². The molecule has 1 aliphatic rings. The fourth-order valence-corrected chi connectivity index (χ4v) is 2.89. The Kier molecular flexibility index (Phi) is 7.50. The first kappa shape index (κ1) is 14.3. The van der Waals surface area contributed by atoms with Crippen molar-refractivity contribution in [3.63, 3.8) is 0 Å². The highest BCUT2D eigenvalue weighted by molar-refractivity contribution is 7.99. The second-order valence-corrected chi connectivity index (χ2v) is 6.42. The first-order valence-electron chi connectivity index (χ1n) is 6.66. The van der Waals surface area contributed by atoms with Crippen LogP contribution in [0.15, 0.2) is 0 Å². The van der Waals surface area contributed by atoms with Crippen molar-refractivity contribution in [2.75, 3.05) is 25.4 Å². The minimum atomic E-state index is 0.478. The molecule has 1 heterocycles. The molecule has 2 nitrogen and oxygen atoms in total. The summed E-state index contributed by atoms with van der Waals surface area (Å²) < 4.78 is 5.58. The Balaban J connectivity index is 1.94. The summed E-state index contributed by atoms with van der Waals surface area (Å²) in [7, 11) is 0. The molecule has 3 atom stereocenters. The summed E-state index contributed by atoms with van der Waals surface area (Å²) >= 11 is 2.09. The van der Waals surface area contributed by atoms with Gasteiger partial charge < -0.3 is 10.1 Å². The highest BCUT2D eigenvalue weighted by atomic mass is 32.2. The fraction of sp³-hybridized carbons (Fsp3) is 1.00. The van der Waals surface area contributed by atoms with Gasteiger partial charge in [-0.1, -0.05) is 27.2 Å². The van der Waals surface area contributed by atoms with Crippen LogP contribution in [0.4, 0.5) is 0 Å². The molecule has 1 saturated heterocycles. The third kappa shape index (κ3) is 6.12. The summed E-state index contributed by atoms with van der Waals surface area (Å²) in [5.74, 6) is 2.14. The minimum absolute atomic E-state index is 0.478. The lowest BCUT2D eigenvalue weighted by molar-refractivity contribution is 0.110. The fourth-order valence-electron chi connectivity index (χ4n) is 1.76. The van der Waals surface area contributed by atoms with Crippen LogP contribution in [0.1, 0.15) is 40.0 Å². The molecule has 0 amide bonds. The second kappa shape index (κ2) is 8.37. The Hall–Kier alpha value is 0.270. The number of hydrogen-bond acceptors (Lipinski definition) is 3. The molecule has 0 spiro atoms. The molecule has 0 bridgehead atoms. The van der Waals surface area contributed by atoms with Crippen LogP contribution in [0.25, 0.3) is 0 Å². The van der Waals surface area contributed by atoms with E-state index in [0.29, 0.717) is 6.10 Å². The molecule has 16 heavy (non-hydrogen) atoms. The van der Waals surface area contributed by atoms with Gasteiger partial charge in [-0.05, 0) is 24.5 Å². The number of hydrogen-bond donors (Lipinski definition) is 1.